The van der Waals surface area contributed by atoms with Crippen molar-refractivity contribution in [3.05, 3.63) is 86.1 Å². The number of nitro groups is 1. The summed E-state index contributed by atoms with van der Waals surface area (Å²) in [4.78, 5) is 27.4. The Hall–Kier alpha value is -2.99. The summed E-state index contributed by atoms with van der Waals surface area (Å²) in [6.45, 7) is 3.22. The number of rotatable bonds is 4. The number of hydrogen-bond acceptors (Lipinski definition) is 5. The van der Waals surface area contributed by atoms with Crippen molar-refractivity contribution in [3.8, 4) is 0 Å². The predicted molar refractivity (Wildman–Crippen MR) is 100 cm³/mol. The summed E-state index contributed by atoms with van der Waals surface area (Å²) in [7, 11) is 0. The van der Waals surface area contributed by atoms with Gasteiger partial charge in [-0.05, 0) is 25.5 Å². The van der Waals surface area contributed by atoms with Crippen molar-refractivity contribution in [2.45, 2.75) is 19.9 Å². The van der Waals surface area contributed by atoms with Crippen molar-refractivity contribution in [3.63, 3.8) is 0 Å². The van der Waals surface area contributed by atoms with Crippen LogP contribution < -0.4 is 5.32 Å². The Morgan fingerprint density at radius 3 is 2.54 bits per heavy atom. The molecule has 0 radical (unpaired) electrons. The molecule has 0 saturated carbocycles. The third-order valence-corrected chi connectivity index (χ3v) is 4.49. The van der Waals surface area contributed by atoms with E-state index in [2.05, 4.69) is 10.3 Å². The highest BCUT2D eigenvalue weighted by Crippen LogP contribution is 2.34. The van der Waals surface area contributed by atoms with Crippen LogP contribution in [0.15, 0.2) is 64.8 Å². The fraction of sp³-hybridized carbons (Fsp3) is 0.158. The molecule has 0 aromatic heterocycles. The van der Waals surface area contributed by atoms with E-state index >= 15 is 0 Å². The number of nitrogens with one attached hydrogen (secondary N) is 1. The van der Waals surface area contributed by atoms with E-state index in [4.69, 9.17) is 11.6 Å². The van der Waals surface area contributed by atoms with Crippen molar-refractivity contribution in [2.75, 3.05) is 0 Å². The average Bonchev–Trinajstić information content (AvgIpc) is 2.61. The van der Waals surface area contributed by atoms with Crippen LogP contribution in [0, 0.1) is 10.1 Å². The fourth-order valence-electron chi connectivity index (χ4n) is 2.98. The van der Waals surface area contributed by atoms with Crippen molar-refractivity contribution >= 4 is 28.9 Å². The second kappa shape index (κ2) is 7.09. The van der Waals surface area contributed by atoms with E-state index < -0.39 is 11.0 Å². The maximum atomic E-state index is 12.2. The molecule has 2 aromatic carbocycles. The molecule has 2 aromatic rings. The van der Waals surface area contributed by atoms with Crippen LogP contribution in [0.3, 0.4) is 0 Å². The van der Waals surface area contributed by atoms with Crippen LogP contribution in [0.2, 0.25) is 5.02 Å². The molecule has 1 aliphatic heterocycles. The molecule has 1 aliphatic rings. The number of benzene rings is 2. The van der Waals surface area contributed by atoms with Gasteiger partial charge in [-0.1, -0.05) is 48.0 Å². The smallest absolute Gasteiger partial charge is 0.288 e. The van der Waals surface area contributed by atoms with Gasteiger partial charge < -0.3 is 5.32 Å². The maximum Gasteiger partial charge on any atom is 0.288 e. The molecular weight excluding hydrogens is 354 g/mol. The SMILES string of the molecule is CC(=O)C1=C(C)N=C(c2ccccc2)NC1c1ccc(Cl)c([N+](=O)[O-])c1. The molecule has 3 rings (SSSR count). The molecule has 0 aliphatic carbocycles. The quantitative estimate of drug-likeness (QED) is 0.646. The number of aliphatic imine (C=N–C) groups is 1. The maximum absolute atomic E-state index is 12.2. The molecule has 6 nitrogen and oxygen atoms in total. The van der Waals surface area contributed by atoms with Crippen LogP contribution in [0.25, 0.3) is 0 Å². The van der Waals surface area contributed by atoms with Crippen LogP contribution in [-0.2, 0) is 4.79 Å². The lowest BCUT2D eigenvalue weighted by molar-refractivity contribution is -0.384. The zero-order chi connectivity index (χ0) is 18.8. The van der Waals surface area contributed by atoms with Crippen LogP contribution in [0.1, 0.15) is 31.0 Å². The first kappa shape index (κ1) is 17.8. The highest BCUT2D eigenvalue weighted by molar-refractivity contribution is 6.32. The van der Waals surface area contributed by atoms with Gasteiger partial charge in [0.25, 0.3) is 5.69 Å². The summed E-state index contributed by atoms with van der Waals surface area (Å²) in [6.07, 6.45) is 0. The second-order valence-electron chi connectivity index (χ2n) is 5.93. The molecule has 0 spiro atoms. The van der Waals surface area contributed by atoms with Crippen molar-refractivity contribution in [2.24, 2.45) is 4.99 Å². The zero-order valence-electron chi connectivity index (χ0n) is 14.2. The van der Waals surface area contributed by atoms with Gasteiger partial charge in [-0.15, -0.1) is 0 Å². The Morgan fingerprint density at radius 1 is 1.23 bits per heavy atom. The van der Waals surface area contributed by atoms with E-state index in [1.165, 1.54) is 19.1 Å². The predicted octanol–water partition coefficient (Wildman–Crippen LogP) is 4.20. The van der Waals surface area contributed by atoms with Crippen LogP contribution >= 0.6 is 11.6 Å². The van der Waals surface area contributed by atoms with Gasteiger partial charge in [0.1, 0.15) is 10.9 Å². The number of halogens is 1. The van der Waals surface area contributed by atoms with Gasteiger partial charge in [-0.3, -0.25) is 14.9 Å². The largest absolute Gasteiger partial charge is 0.358 e. The number of nitro benzene ring substituents is 1. The Balaban J connectivity index is 2.12. The molecule has 132 valence electrons. The molecule has 1 N–H and O–H groups in total. The number of carbonyl (C=O) groups is 1. The molecule has 0 saturated heterocycles. The van der Waals surface area contributed by atoms with Gasteiger partial charge in [0.2, 0.25) is 0 Å². The molecule has 0 bridgehead atoms. The summed E-state index contributed by atoms with van der Waals surface area (Å²) in [5.74, 6) is 0.462. The molecule has 0 fully saturated rings. The topological polar surface area (TPSA) is 84.6 Å². The van der Waals surface area contributed by atoms with E-state index in [9.17, 15) is 14.9 Å². The number of carbonyl (C=O) groups excluding carboxylic acids is 1. The summed E-state index contributed by atoms with van der Waals surface area (Å²) in [6, 6.07) is 13.5. The molecule has 1 unspecified atom stereocenters. The van der Waals surface area contributed by atoms with E-state index in [1.807, 2.05) is 30.3 Å². The van der Waals surface area contributed by atoms with Crippen LogP contribution in [0.4, 0.5) is 5.69 Å². The van der Waals surface area contributed by atoms with Crippen molar-refractivity contribution < 1.29 is 9.72 Å². The minimum Gasteiger partial charge on any atom is -0.358 e. The van der Waals surface area contributed by atoms with Crippen molar-refractivity contribution in [1.82, 2.24) is 5.32 Å². The minimum atomic E-state index is -0.545. The van der Waals surface area contributed by atoms with Gasteiger partial charge >= 0.3 is 0 Å². The monoisotopic (exact) mass is 369 g/mol. The highest BCUT2D eigenvalue weighted by Gasteiger charge is 2.29. The van der Waals surface area contributed by atoms with Gasteiger partial charge in [0.15, 0.2) is 5.78 Å². The summed E-state index contributed by atoms with van der Waals surface area (Å²) in [5.41, 5.74) is 2.30. The molecule has 1 atom stereocenters. The molecule has 0 amide bonds. The van der Waals surface area contributed by atoms with E-state index in [1.54, 1.807) is 13.0 Å². The molecular formula is C19H16ClN3O3. The third-order valence-electron chi connectivity index (χ3n) is 4.17. The Bertz CT molecular complexity index is 952. The van der Waals surface area contributed by atoms with E-state index in [0.717, 1.165) is 5.56 Å². The Kier molecular flexibility index (Phi) is 4.86. The summed E-state index contributed by atoms with van der Waals surface area (Å²) in [5, 5.41) is 14.5. The molecule has 7 heteroatoms. The fourth-order valence-corrected chi connectivity index (χ4v) is 3.17. The first-order chi connectivity index (χ1) is 12.4. The molecule has 26 heavy (non-hydrogen) atoms. The number of nitrogens with zero attached hydrogens (tertiary/aromatic N) is 2. The number of ketones is 1. The lowest BCUT2D eigenvalue weighted by atomic mass is 9.92. The van der Waals surface area contributed by atoms with Crippen LogP contribution in [0.5, 0.6) is 0 Å². The normalized spacial score (nSPS) is 16.7. The summed E-state index contributed by atoms with van der Waals surface area (Å²) < 4.78 is 0. The number of hydrogen-bond donors (Lipinski definition) is 1. The van der Waals surface area contributed by atoms with Crippen molar-refractivity contribution in [1.29, 1.82) is 0 Å². The molecule has 1 heterocycles. The van der Waals surface area contributed by atoms with E-state index in [0.29, 0.717) is 22.7 Å². The van der Waals surface area contributed by atoms with Gasteiger partial charge in [-0.2, -0.15) is 0 Å². The van der Waals surface area contributed by atoms with Crippen LogP contribution in [-0.4, -0.2) is 16.5 Å². The number of Topliss-reactive ketones (excluding diaryl/α,β-unsaturated/α-hetero) is 1. The first-order valence-electron chi connectivity index (χ1n) is 7.94. The van der Waals surface area contributed by atoms with E-state index in [-0.39, 0.29) is 16.5 Å². The van der Waals surface area contributed by atoms with Gasteiger partial charge in [0.05, 0.1) is 11.0 Å². The van der Waals surface area contributed by atoms with Gasteiger partial charge in [-0.25, -0.2) is 4.99 Å². The number of amidine groups is 1. The Labute approximate surface area is 155 Å². The second-order valence-corrected chi connectivity index (χ2v) is 6.33. The highest BCUT2D eigenvalue weighted by atomic mass is 35.5. The minimum absolute atomic E-state index is 0.0524. The lowest BCUT2D eigenvalue weighted by Gasteiger charge is -2.28. The zero-order valence-corrected chi connectivity index (χ0v) is 14.9. The van der Waals surface area contributed by atoms with Gasteiger partial charge in [0, 0.05) is 22.9 Å². The third kappa shape index (κ3) is 3.36. The first-order valence-corrected chi connectivity index (χ1v) is 8.32. The summed E-state index contributed by atoms with van der Waals surface area (Å²) >= 11 is 5.92. The average molecular weight is 370 g/mol. The Morgan fingerprint density at radius 2 is 1.92 bits per heavy atom. The lowest BCUT2D eigenvalue weighted by Crippen LogP contribution is -2.35. The standard InChI is InChI=1S/C19H16ClN3O3/c1-11-17(12(2)24)18(14-8-9-15(20)16(10-14)23(25)26)22-19(21-11)13-6-4-3-5-7-13/h3-10,18H,1-2H3,(H,21,22). The number of allylic oxidation sites excluding steroid dienone is 1.